The molecule has 1 fully saturated rings. The van der Waals surface area contributed by atoms with Gasteiger partial charge in [0.1, 0.15) is 29.1 Å². The lowest BCUT2D eigenvalue weighted by molar-refractivity contribution is -0.671. The van der Waals surface area contributed by atoms with Crippen LogP contribution in [0.25, 0.3) is 0 Å². The van der Waals surface area contributed by atoms with Crippen molar-refractivity contribution < 1.29 is 31.8 Å². The average molecular weight is 649 g/mol. The summed E-state index contributed by atoms with van der Waals surface area (Å²) in [5.41, 5.74) is 0.928. The summed E-state index contributed by atoms with van der Waals surface area (Å²) in [6.45, 7) is 6.39. The number of ether oxygens (including phenoxy) is 2. The Labute approximate surface area is 273 Å². The van der Waals surface area contributed by atoms with Gasteiger partial charge in [-0.2, -0.15) is 0 Å². The maximum atomic E-state index is 12.0. The van der Waals surface area contributed by atoms with Gasteiger partial charge in [0, 0.05) is 6.42 Å². The normalized spacial score (nSPS) is 16.4. The quantitative estimate of drug-likeness (QED) is 0.0559. The van der Waals surface area contributed by atoms with E-state index in [0.29, 0.717) is 18.9 Å². The molecule has 0 bridgehead atoms. The molecule has 1 aromatic heterocycles. The molecule has 2 heterocycles. The first-order chi connectivity index (χ1) is 21.7. The molecule has 1 saturated heterocycles. The highest BCUT2D eigenvalue weighted by Gasteiger charge is 2.26. The van der Waals surface area contributed by atoms with Crippen LogP contribution in [0, 0.1) is 12.8 Å². The van der Waals surface area contributed by atoms with Crippen LogP contribution >= 0.6 is 0 Å². The van der Waals surface area contributed by atoms with Gasteiger partial charge in [0.05, 0.1) is 31.2 Å². The van der Waals surface area contributed by atoms with E-state index in [0.717, 1.165) is 44.4 Å². The fraction of sp³-hybridized carbons (Fsp3) is 0.722. The van der Waals surface area contributed by atoms with E-state index in [1.807, 2.05) is 24.7 Å². The Morgan fingerprint density at radius 3 is 2.11 bits per heavy atom. The van der Waals surface area contributed by atoms with Crippen LogP contribution in [0.1, 0.15) is 128 Å². The number of rotatable bonds is 22. The zero-order valence-corrected chi connectivity index (χ0v) is 29.1. The summed E-state index contributed by atoms with van der Waals surface area (Å²) in [7, 11) is -2.24. The van der Waals surface area contributed by atoms with Crippen molar-refractivity contribution in [1.82, 2.24) is 4.57 Å². The molecule has 1 aliphatic rings. The van der Waals surface area contributed by atoms with E-state index in [1.165, 1.54) is 95.6 Å². The molecule has 9 heteroatoms. The summed E-state index contributed by atoms with van der Waals surface area (Å²) in [5.74, 6) is 0.586. The zero-order chi connectivity index (χ0) is 32.8. The van der Waals surface area contributed by atoms with E-state index >= 15 is 0 Å². The van der Waals surface area contributed by atoms with Crippen molar-refractivity contribution in [2.24, 2.45) is 13.0 Å². The maximum absolute atomic E-state index is 12.0. The number of aromatic nitrogens is 2. The number of imidazole rings is 1. The molecule has 2 aromatic rings. The molecule has 0 radical (unpaired) electrons. The fourth-order valence-electron chi connectivity index (χ4n) is 5.71. The molecular formula is C36H60N2O6S. The number of aryl methyl sites for hydroxylation is 3. The Morgan fingerprint density at radius 1 is 0.933 bits per heavy atom. The van der Waals surface area contributed by atoms with Crippen molar-refractivity contribution in [2.45, 2.75) is 147 Å². The first-order valence-corrected chi connectivity index (χ1v) is 18.9. The maximum Gasteiger partial charge on any atom is 0.305 e. The minimum Gasteiger partial charge on any atom is -0.744 e. The van der Waals surface area contributed by atoms with E-state index in [9.17, 15) is 17.8 Å². The number of carbonyl (C=O) groups excluding carboxylic acids is 1. The first-order valence-electron chi connectivity index (χ1n) is 17.5. The highest BCUT2D eigenvalue weighted by atomic mass is 32.2. The zero-order valence-electron chi connectivity index (χ0n) is 28.3. The second-order valence-electron chi connectivity index (χ2n) is 12.8. The molecule has 0 N–H and O–H groups in total. The largest absolute Gasteiger partial charge is 0.744 e. The summed E-state index contributed by atoms with van der Waals surface area (Å²) in [6, 6.07) is 5.78. The van der Waals surface area contributed by atoms with E-state index < -0.39 is 10.1 Å². The molecule has 1 aliphatic heterocycles. The molecule has 8 nitrogen and oxygen atoms in total. The number of benzene rings is 1. The Hall–Kier alpha value is -2.23. The van der Waals surface area contributed by atoms with Gasteiger partial charge in [-0.1, -0.05) is 102 Å². The van der Waals surface area contributed by atoms with Gasteiger partial charge in [0.15, 0.2) is 0 Å². The minimum atomic E-state index is -4.27. The Kier molecular flexibility index (Phi) is 20.0. The van der Waals surface area contributed by atoms with E-state index in [-0.39, 0.29) is 17.0 Å². The van der Waals surface area contributed by atoms with Crippen LogP contribution in [-0.4, -0.2) is 42.8 Å². The van der Waals surface area contributed by atoms with Crippen LogP contribution in [0.5, 0.6) is 0 Å². The average Bonchev–Trinajstić information content (AvgIpc) is 3.65. The fourth-order valence-corrected chi connectivity index (χ4v) is 6.18. The van der Waals surface area contributed by atoms with Gasteiger partial charge in [-0.15, -0.1) is 0 Å². The topological polar surface area (TPSA) is 102 Å². The van der Waals surface area contributed by atoms with Crippen LogP contribution in [0.4, 0.5) is 0 Å². The monoisotopic (exact) mass is 648 g/mol. The molecule has 3 rings (SSSR count). The van der Waals surface area contributed by atoms with Gasteiger partial charge in [-0.05, 0) is 57.1 Å². The van der Waals surface area contributed by atoms with Gasteiger partial charge in [-0.25, -0.2) is 17.6 Å². The number of unbranched alkanes of at least 4 members (excludes halogenated alkanes) is 13. The van der Waals surface area contributed by atoms with Gasteiger partial charge >= 0.3 is 5.97 Å². The summed E-state index contributed by atoms with van der Waals surface area (Å²) in [4.78, 5) is 11.9. The van der Waals surface area contributed by atoms with Gasteiger partial charge in [-0.3, -0.25) is 4.79 Å². The number of hydrogen-bond donors (Lipinski definition) is 0. The highest BCUT2D eigenvalue weighted by molar-refractivity contribution is 7.85. The van der Waals surface area contributed by atoms with Crippen molar-refractivity contribution in [2.75, 3.05) is 13.2 Å². The lowest BCUT2D eigenvalue weighted by atomic mass is 9.97. The Balaban J connectivity index is 0.000000537. The lowest BCUT2D eigenvalue weighted by Gasteiger charge is -2.11. The molecule has 0 aliphatic carbocycles. The van der Waals surface area contributed by atoms with Crippen molar-refractivity contribution in [3.05, 3.63) is 48.5 Å². The highest BCUT2D eigenvalue weighted by Crippen LogP contribution is 2.25. The predicted octanol–water partition coefficient (Wildman–Crippen LogP) is 7.81. The standard InChI is InChI=1S/C29H53N2O3.C7H8O3S/c1-3-4-5-6-7-8-9-10-11-12-13-15-18-27-23-28(33-24-27)25-34-29(32)19-16-14-17-20-31-22-21-30(2)26-31;1-6-2-4-7(5-3-6)11(8,9)10/h21-22,26-28H,3-20,23-25H2,1-2H3;2-5H,1H3,(H,8,9,10)/q+1;/p-1/t27-,28+;/m1./s1. The smallest absolute Gasteiger partial charge is 0.305 e. The van der Waals surface area contributed by atoms with E-state index in [1.54, 1.807) is 12.1 Å². The second-order valence-corrected chi connectivity index (χ2v) is 14.2. The van der Waals surface area contributed by atoms with Crippen LogP contribution in [-0.2, 0) is 38.0 Å². The van der Waals surface area contributed by atoms with Gasteiger partial charge in [0.25, 0.3) is 0 Å². The number of carbonyl (C=O) groups is 1. The molecule has 2 atom stereocenters. The second kappa shape index (κ2) is 23.1. The molecule has 1 aromatic carbocycles. The summed E-state index contributed by atoms with van der Waals surface area (Å²) < 4.78 is 46.8. The Morgan fingerprint density at radius 2 is 1.53 bits per heavy atom. The molecule has 0 unspecified atom stereocenters. The number of esters is 1. The summed E-state index contributed by atoms with van der Waals surface area (Å²) in [5, 5.41) is 0. The third kappa shape index (κ3) is 19.1. The van der Waals surface area contributed by atoms with Crippen LogP contribution in [0.3, 0.4) is 0 Å². The third-order valence-electron chi connectivity index (χ3n) is 8.49. The molecule has 0 saturated carbocycles. The van der Waals surface area contributed by atoms with Gasteiger partial charge in [0.2, 0.25) is 6.33 Å². The van der Waals surface area contributed by atoms with Crippen LogP contribution in [0.15, 0.2) is 47.9 Å². The molecule has 45 heavy (non-hydrogen) atoms. The molecular weight excluding hydrogens is 588 g/mol. The van der Waals surface area contributed by atoms with Crippen molar-refractivity contribution in [1.29, 1.82) is 0 Å². The molecule has 256 valence electrons. The van der Waals surface area contributed by atoms with E-state index in [4.69, 9.17) is 9.47 Å². The third-order valence-corrected chi connectivity index (χ3v) is 9.34. The predicted molar refractivity (Wildman–Crippen MR) is 178 cm³/mol. The van der Waals surface area contributed by atoms with Crippen LogP contribution in [0.2, 0.25) is 0 Å². The van der Waals surface area contributed by atoms with Crippen molar-refractivity contribution >= 4 is 16.1 Å². The summed E-state index contributed by atoms with van der Waals surface area (Å²) >= 11 is 0. The van der Waals surface area contributed by atoms with Crippen molar-refractivity contribution in [3.63, 3.8) is 0 Å². The first kappa shape index (κ1) is 39.0. The van der Waals surface area contributed by atoms with Crippen molar-refractivity contribution in [3.8, 4) is 0 Å². The van der Waals surface area contributed by atoms with E-state index in [2.05, 4.69) is 24.0 Å². The lowest BCUT2D eigenvalue weighted by Crippen LogP contribution is -2.23. The Bertz CT molecular complexity index is 1150. The SMILES string of the molecule is CCCCCCCCCCCCCC[C@H]1CO[C@H](COC(=O)CCCCCn2cc[n+](C)c2)C1.Cc1ccc(S(=O)(=O)[O-])cc1. The van der Waals surface area contributed by atoms with Gasteiger partial charge < -0.3 is 14.0 Å². The number of hydrogen-bond acceptors (Lipinski definition) is 6. The van der Waals surface area contributed by atoms with Crippen LogP contribution < -0.4 is 4.57 Å². The minimum absolute atomic E-state index is 0.0691. The number of nitrogens with zero attached hydrogens (tertiary/aromatic N) is 2. The molecule has 0 amide bonds. The molecule has 0 spiro atoms. The summed E-state index contributed by atoms with van der Waals surface area (Å²) in [6.07, 6.45) is 29.0.